The van der Waals surface area contributed by atoms with Crippen LogP contribution in [-0.4, -0.2) is 47.9 Å². The second-order valence-electron chi connectivity index (χ2n) is 6.79. The lowest BCUT2D eigenvalue weighted by Gasteiger charge is -2.21. The Labute approximate surface area is 156 Å². The predicted octanol–water partition coefficient (Wildman–Crippen LogP) is 2.45. The topological polar surface area (TPSA) is 63.5 Å². The normalized spacial score (nSPS) is 12.2. The number of nitrogens with zero attached hydrogens (tertiary/aromatic N) is 3. The molecule has 0 aliphatic rings. The summed E-state index contributed by atoms with van der Waals surface area (Å²) < 4.78 is 7.62. The van der Waals surface area contributed by atoms with Crippen molar-refractivity contribution in [1.29, 1.82) is 0 Å². The van der Waals surface area contributed by atoms with Crippen molar-refractivity contribution in [1.82, 2.24) is 20.2 Å². The highest BCUT2D eigenvalue weighted by Crippen LogP contribution is 2.07. The quantitative estimate of drug-likeness (QED) is 0.534. The molecule has 0 aliphatic heterocycles. The third-order valence-electron chi connectivity index (χ3n) is 4.15. The average Bonchev–Trinajstić information content (AvgIpc) is 3.07. The summed E-state index contributed by atoms with van der Waals surface area (Å²) in [6.07, 6.45) is 4.72. The van der Waals surface area contributed by atoms with Gasteiger partial charge in [-0.25, -0.2) is 4.98 Å². The van der Waals surface area contributed by atoms with Gasteiger partial charge in [-0.2, -0.15) is 0 Å². The van der Waals surface area contributed by atoms with Crippen molar-refractivity contribution in [3.8, 4) is 0 Å². The fraction of sp³-hybridized carbons (Fsp3) is 0.500. The van der Waals surface area contributed by atoms with Gasteiger partial charge in [-0.3, -0.25) is 4.99 Å². The number of aliphatic imine (C=N–C) groups is 1. The van der Waals surface area contributed by atoms with E-state index in [0.717, 1.165) is 37.8 Å². The van der Waals surface area contributed by atoms with E-state index in [1.54, 1.807) is 7.11 Å². The van der Waals surface area contributed by atoms with Crippen LogP contribution in [0.5, 0.6) is 0 Å². The minimum atomic E-state index is -0.270. The van der Waals surface area contributed by atoms with Gasteiger partial charge in [0.25, 0.3) is 0 Å². The Morgan fingerprint density at radius 3 is 2.69 bits per heavy atom. The molecule has 0 fully saturated rings. The summed E-state index contributed by atoms with van der Waals surface area (Å²) in [5.41, 5.74) is 1.00. The summed E-state index contributed by atoms with van der Waals surface area (Å²) in [5.74, 6) is 1.87. The summed E-state index contributed by atoms with van der Waals surface area (Å²) in [5, 5.41) is 6.65. The summed E-state index contributed by atoms with van der Waals surface area (Å²) in [4.78, 5) is 9.10. The first-order valence-corrected chi connectivity index (χ1v) is 9.15. The molecule has 2 N–H and O–H groups in total. The van der Waals surface area contributed by atoms with E-state index in [1.165, 1.54) is 5.56 Å². The molecule has 0 saturated carbocycles. The van der Waals surface area contributed by atoms with Gasteiger partial charge in [-0.15, -0.1) is 0 Å². The molecule has 2 aromatic rings. The van der Waals surface area contributed by atoms with Gasteiger partial charge in [-0.1, -0.05) is 30.3 Å². The summed E-state index contributed by atoms with van der Waals surface area (Å²) in [6.45, 7) is 9.15. The molecule has 0 bridgehead atoms. The number of guanidine groups is 1. The highest BCUT2D eigenvalue weighted by Gasteiger charge is 2.15. The third-order valence-corrected chi connectivity index (χ3v) is 4.15. The van der Waals surface area contributed by atoms with E-state index in [0.29, 0.717) is 6.54 Å². The average molecular weight is 358 g/mol. The van der Waals surface area contributed by atoms with E-state index in [-0.39, 0.29) is 5.60 Å². The van der Waals surface area contributed by atoms with Crippen LogP contribution in [0.3, 0.4) is 0 Å². The van der Waals surface area contributed by atoms with Crippen LogP contribution in [0.1, 0.15) is 32.2 Å². The Morgan fingerprint density at radius 2 is 2.00 bits per heavy atom. The van der Waals surface area contributed by atoms with Gasteiger partial charge in [0, 0.05) is 45.6 Å². The van der Waals surface area contributed by atoms with E-state index >= 15 is 0 Å². The van der Waals surface area contributed by atoms with E-state index in [1.807, 2.05) is 32.3 Å². The van der Waals surface area contributed by atoms with E-state index in [4.69, 9.17) is 4.74 Å². The molecule has 0 unspecified atom stereocenters. The summed E-state index contributed by atoms with van der Waals surface area (Å²) >= 11 is 0. The molecule has 0 atom stereocenters. The Morgan fingerprint density at radius 1 is 1.23 bits per heavy atom. The van der Waals surface area contributed by atoms with Gasteiger partial charge in [0.15, 0.2) is 5.96 Å². The Bertz CT molecular complexity index is 679. The maximum absolute atomic E-state index is 5.43. The van der Waals surface area contributed by atoms with Crippen LogP contribution < -0.4 is 10.6 Å². The number of aromatic nitrogens is 2. The zero-order chi connectivity index (χ0) is 18.8. The predicted molar refractivity (Wildman–Crippen MR) is 107 cm³/mol. The second kappa shape index (κ2) is 9.97. The van der Waals surface area contributed by atoms with Crippen molar-refractivity contribution in [3.05, 3.63) is 54.1 Å². The van der Waals surface area contributed by atoms with Crippen molar-refractivity contribution < 1.29 is 4.74 Å². The van der Waals surface area contributed by atoms with Gasteiger partial charge in [0.05, 0.1) is 12.1 Å². The molecule has 1 aromatic carbocycles. The molecule has 6 nitrogen and oxygen atoms in total. The molecule has 142 valence electrons. The molecule has 0 aliphatic carbocycles. The third kappa shape index (κ3) is 6.52. The van der Waals surface area contributed by atoms with Crippen LogP contribution in [-0.2, 0) is 17.7 Å². The molecular weight excluding hydrogens is 326 g/mol. The number of benzene rings is 1. The zero-order valence-electron chi connectivity index (χ0n) is 16.3. The minimum Gasteiger partial charge on any atom is -0.377 e. The molecule has 6 heteroatoms. The number of rotatable bonds is 9. The van der Waals surface area contributed by atoms with Crippen molar-refractivity contribution in [2.45, 2.75) is 39.3 Å². The SMILES string of the molecule is CCNC(=NCC(C)(C)OC)NCCc1nccn1Cc1ccccc1. The van der Waals surface area contributed by atoms with Crippen LogP contribution in [0.25, 0.3) is 0 Å². The van der Waals surface area contributed by atoms with E-state index in [2.05, 4.69) is 56.4 Å². The number of hydrogen-bond donors (Lipinski definition) is 2. The number of methoxy groups -OCH3 is 1. The monoisotopic (exact) mass is 357 g/mol. The molecule has 0 amide bonds. The van der Waals surface area contributed by atoms with Crippen molar-refractivity contribution in [2.75, 3.05) is 26.7 Å². The maximum atomic E-state index is 5.43. The van der Waals surface area contributed by atoms with Gasteiger partial charge in [-0.05, 0) is 26.3 Å². The second-order valence-corrected chi connectivity index (χ2v) is 6.79. The fourth-order valence-electron chi connectivity index (χ4n) is 2.46. The Kier molecular flexibility index (Phi) is 7.66. The van der Waals surface area contributed by atoms with Gasteiger partial charge < -0.3 is 19.9 Å². The van der Waals surface area contributed by atoms with Crippen molar-refractivity contribution >= 4 is 5.96 Å². The lowest BCUT2D eigenvalue weighted by molar-refractivity contribution is 0.0310. The first kappa shape index (κ1) is 20.0. The van der Waals surface area contributed by atoms with Gasteiger partial charge in [0.2, 0.25) is 0 Å². The molecule has 2 rings (SSSR count). The molecule has 1 aromatic heterocycles. The molecule has 26 heavy (non-hydrogen) atoms. The number of nitrogens with one attached hydrogen (secondary N) is 2. The largest absolute Gasteiger partial charge is 0.377 e. The highest BCUT2D eigenvalue weighted by molar-refractivity contribution is 5.79. The number of hydrogen-bond acceptors (Lipinski definition) is 3. The standard InChI is InChI=1S/C20H31N5O/c1-5-21-19(24-16-20(2,3)26-4)23-12-11-18-22-13-14-25(18)15-17-9-7-6-8-10-17/h6-10,13-14H,5,11-12,15-16H2,1-4H3,(H2,21,23,24). The van der Waals surface area contributed by atoms with Crippen molar-refractivity contribution in [3.63, 3.8) is 0 Å². The summed E-state index contributed by atoms with van der Waals surface area (Å²) in [6, 6.07) is 10.4. The molecular formula is C20H31N5O. The molecule has 0 radical (unpaired) electrons. The van der Waals surface area contributed by atoms with Crippen LogP contribution in [0.15, 0.2) is 47.7 Å². The summed E-state index contributed by atoms with van der Waals surface area (Å²) in [7, 11) is 1.71. The Balaban J connectivity index is 1.89. The van der Waals surface area contributed by atoms with Crippen LogP contribution in [0, 0.1) is 0 Å². The van der Waals surface area contributed by atoms with Crippen LogP contribution in [0.2, 0.25) is 0 Å². The van der Waals surface area contributed by atoms with Crippen LogP contribution >= 0.6 is 0 Å². The van der Waals surface area contributed by atoms with Crippen molar-refractivity contribution in [2.24, 2.45) is 4.99 Å². The lowest BCUT2D eigenvalue weighted by atomic mass is 10.1. The van der Waals surface area contributed by atoms with Crippen LogP contribution in [0.4, 0.5) is 0 Å². The number of ether oxygens (including phenoxy) is 1. The van der Waals surface area contributed by atoms with Gasteiger partial charge in [0.1, 0.15) is 5.82 Å². The first-order chi connectivity index (χ1) is 12.5. The lowest BCUT2D eigenvalue weighted by Crippen LogP contribution is -2.40. The molecule has 0 saturated heterocycles. The maximum Gasteiger partial charge on any atom is 0.191 e. The smallest absolute Gasteiger partial charge is 0.191 e. The van der Waals surface area contributed by atoms with E-state index in [9.17, 15) is 0 Å². The highest BCUT2D eigenvalue weighted by atomic mass is 16.5. The fourth-order valence-corrected chi connectivity index (χ4v) is 2.46. The minimum absolute atomic E-state index is 0.270. The molecule has 1 heterocycles. The molecule has 0 spiro atoms. The van der Waals surface area contributed by atoms with E-state index < -0.39 is 0 Å². The zero-order valence-corrected chi connectivity index (χ0v) is 16.3. The Hall–Kier alpha value is -2.34. The first-order valence-electron chi connectivity index (χ1n) is 9.15. The number of imidazole rings is 1. The van der Waals surface area contributed by atoms with Gasteiger partial charge >= 0.3 is 0 Å².